The molecule has 11 aromatic rings. The Balaban J connectivity index is 1.18. The van der Waals surface area contributed by atoms with E-state index in [2.05, 4.69) is 216 Å². The number of furan rings is 2. The Hall–Kier alpha value is -8.08. The Kier molecular flexibility index (Phi) is 7.19. The van der Waals surface area contributed by atoms with E-state index in [0.717, 1.165) is 78.4 Å². The zero-order valence-electron chi connectivity index (χ0n) is 33.0. The molecule has 1 spiro atoms. The van der Waals surface area contributed by atoms with Crippen LogP contribution in [-0.4, -0.2) is 0 Å². The smallest absolute Gasteiger partial charge is 0.135 e. The molecule has 0 amide bonds. The van der Waals surface area contributed by atoms with Gasteiger partial charge in [0.25, 0.3) is 0 Å². The van der Waals surface area contributed by atoms with Gasteiger partial charge in [-0.1, -0.05) is 140 Å². The summed E-state index contributed by atoms with van der Waals surface area (Å²) in [5.41, 5.74) is 16.5. The lowest BCUT2D eigenvalue weighted by atomic mass is 9.71. The quantitative estimate of drug-likeness (QED) is 0.168. The summed E-state index contributed by atoms with van der Waals surface area (Å²) in [5, 5.41) is 3.28. The van der Waals surface area contributed by atoms with Crippen LogP contribution in [-0.2, 0) is 5.41 Å². The predicted molar refractivity (Wildman–Crippen MR) is 249 cm³/mol. The molecule has 9 aromatic carbocycles. The van der Waals surface area contributed by atoms with E-state index in [9.17, 15) is 0 Å². The van der Waals surface area contributed by atoms with Gasteiger partial charge in [-0.15, -0.1) is 0 Å². The summed E-state index contributed by atoms with van der Waals surface area (Å²) < 4.78 is 13.8. The molecule has 0 fully saturated rings. The molecule has 286 valence electrons. The monoisotopic (exact) mass is 780 g/mol. The van der Waals surface area contributed by atoms with Gasteiger partial charge in [0.2, 0.25) is 0 Å². The summed E-state index contributed by atoms with van der Waals surface area (Å²) in [6.45, 7) is 0. The largest absolute Gasteiger partial charge is 0.459 e. The zero-order chi connectivity index (χ0) is 40.1. The lowest BCUT2D eigenvalue weighted by molar-refractivity contribution is 0.507. The van der Waals surface area contributed by atoms with Gasteiger partial charge in [0.1, 0.15) is 27.9 Å². The lowest BCUT2D eigenvalue weighted by Crippen LogP contribution is -2.30. The molecular formula is C57H36N2O2. The summed E-state index contributed by atoms with van der Waals surface area (Å²) >= 11 is 0. The highest BCUT2D eigenvalue weighted by atomic mass is 16.3. The highest BCUT2D eigenvalue weighted by molar-refractivity contribution is 6.10. The first kappa shape index (κ1) is 33.8. The van der Waals surface area contributed by atoms with Crippen molar-refractivity contribution >= 4 is 67.0 Å². The Morgan fingerprint density at radius 2 is 0.820 bits per heavy atom. The minimum Gasteiger partial charge on any atom is -0.459 e. The molecule has 1 atom stereocenters. The number of benzene rings is 9. The molecule has 2 aliphatic carbocycles. The first-order valence-electron chi connectivity index (χ1n) is 20.8. The third-order valence-electron chi connectivity index (χ3n) is 12.8. The average Bonchev–Trinajstić information content (AvgIpc) is 4.06. The van der Waals surface area contributed by atoms with E-state index in [1.165, 1.54) is 33.4 Å². The molecule has 4 heteroatoms. The fourth-order valence-corrected chi connectivity index (χ4v) is 10.5. The fraction of sp³-hybridized carbons (Fsp3) is 0.0175. The maximum absolute atomic E-state index is 7.38. The van der Waals surface area contributed by atoms with Crippen molar-refractivity contribution in [3.63, 3.8) is 0 Å². The molecule has 0 aliphatic heterocycles. The minimum absolute atomic E-state index is 0.857. The summed E-state index contributed by atoms with van der Waals surface area (Å²) in [5.74, 6) is 0.945. The van der Waals surface area contributed by atoms with E-state index >= 15 is 0 Å². The molecule has 2 aromatic heterocycles. The molecule has 2 aliphatic rings. The van der Waals surface area contributed by atoms with Crippen LogP contribution in [0.15, 0.2) is 227 Å². The third-order valence-corrected chi connectivity index (χ3v) is 12.8. The van der Waals surface area contributed by atoms with Crippen molar-refractivity contribution in [3.05, 3.63) is 241 Å². The summed E-state index contributed by atoms with van der Waals surface area (Å²) in [4.78, 5) is 4.85. The van der Waals surface area contributed by atoms with E-state index in [1.807, 2.05) is 12.1 Å². The second-order valence-corrected chi connectivity index (χ2v) is 16.0. The number of nitrogens with zero attached hydrogens (tertiary/aromatic N) is 2. The molecule has 1 unspecified atom stereocenters. The first-order valence-corrected chi connectivity index (χ1v) is 20.8. The Bertz CT molecular complexity index is 3460. The number of rotatable bonds is 6. The molecule has 61 heavy (non-hydrogen) atoms. The van der Waals surface area contributed by atoms with E-state index in [4.69, 9.17) is 8.83 Å². The molecular weight excluding hydrogens is 745 g/mol. The van der Waals surface area contributed by atoms with Crippen LogP contribution in [0.1, 0.15) is 22.5 Å². The van der Waals surface area contributed by atoms with Crippen molar-refractivity contribution < 1.29 is 8.83 Å². The maximum Gasteiger partial charge on any atom is 0.135 e. The molecule has 2 heterocycles. The van der Waals surface area contributed by atoms with Crippen molar-refractivity contribution in [1.82, 2.24) is 0 Å². The van der Waals surface area contributed by atoms with Crippen molar-refractivity contribution in [2.75, 3.05) is 9.80 Å². The van der Waals surface area contributed by atoms with Gasteiger partial charge in [-0.25, -0.2) is 0 Å². The summed E-state index contributed by atoms with van der Waals surface area (Å²) in [7, 11) is 0. The van der Waals surface area contributed by atoms with Crippen molar-refractivity contribution in [1.29, 1.82) is 0 Å². The average molecular weight is 781 g/mol. The van der Waals surface area contributed by atoms with Gasteiger partial charge in [-0.05, 0) is 101 Å². The third kappa shape index (κ3) is 4.70. The van der Waals surface area contributed by atoms with Gasteiger partial charge >= 0.3 is 0 Å². The van der Waals surface area contributed by atoms with Crippen LogP contribution >= 0.6 is 0 Å². The van der Waals surface area contributed by atoms with Crippen LogP contribution in [0.2, 0.25) is 0 Å². The Morgan fingerprint density at radius 3 is 1.49 bits per heavy atom. The lowest BCUT2D eigenvalue weighted by Gasteiger charge is -2.37. The van der Waals surface area contributed by atoms with Crippen molar-refractivity contribution in [2.45, 2.75) is 5.41 Å². The Labute approximate surface area is 352 Å². The standard InChI is InChI=1S/C57H36N2O2/c1-4-18-37(19-5-1)58(38-20-6-2-7-21-38)49-31-17-28-45-53-44-26-12-15-33-51(44)61-56(53)57(55(45)49)47-29-13-10-24-41(47)43-27-16-30-48(54(43)57)59(39-22-8-3-9-23-39)40-34-35-52-46(36-40)42-25-11-14-32-50(42)60-52/h1-36H. The van der Waals surface area contributed by atoms with Gasteiger partial charge in [0, 0.05) is 55.6 Å². The van der Waals surface area contributed by atoms with Gasteiger partial charge in [-0.2, -0.15) is 0 Å². The molecule has 0 radical (unpaired) electrons. The van der Waals surface area contributed by atoms with Crippen molar-refractivity contribution in [3.8, 4) is 22.3 Å². The predicted octanol–water partition coefficient (Wildman–Crippen LogP) is 15.6. The van der Waals surface area contributed by atoms with Crippen LogP contribution in [0.5, 0.6) is 0 Å². The van der Waals surface area contributed by atoms with Gasteiger partial charge in [-0.3, -0.25) is 0 Å². The number of anilines is 6. The van der Waals surface area contributed by atoms with E-state index in [-0.39, 0.29) is 0 Å². The van der Waals surface area contributed by atoms with Crippen LogP contribution in [0.3, 0.4) is 0 Å². The molecule has 0 saturated carbocycles. The second kappa shape index (κ2) is 13.0. The van der Waals surface area contributed by atoms with Crippen LogP contribution in [0, 0.1) is 0 Å². The Morgan fingerprint density at radius 1 is 0.328 bits per heavy atom. The number of hydrogen-bond donors (Lipinski definition) is 0. The van der Waals surface area contributed by atoms with E-state index < -0.39 is 5.41 Å². The number of fused-ring (bicyclic) bond motifs is 15. The fourth-order valence-electron chi connectivity index (χ4n) is 10.5. The van der Waals surface area contributed by atoms with Crippen LogP contribution in [0.4, 0.5) is 34.1 Å². The van der Waals surface area contributed by atoms with E-state index in [0.29, 0.717) is 0 Å². The van der Waals surface area contributed by atoms with Crippen LogP contribution in [0.25, 0.3) is 55.2 Å². The highest BCUT2D eigenvalue weighted by Gasteiger charge is 2.58. The summed E-state index contributed by atoms with van der Waals surface area (Å²) in [6, 6.07) is 78.3. The normalized spacial score (nSPS) is 14.6. The second-order valence-electron chi connectivity index (χ2n) is 16.0. The zero-order valence-corrected chi connectivity index (χ0v) is 33.0. The summed E-state index contributed by atoms with van der Waals surface area (Å²) in [6.07, 6.45) is 0. The molecule has 4 nitrogen and oxygen atoms in total. The molecule has 13 rings (SSSR count). The molecule has 0 bridgehead atoms. The maximum atomic E-state index is 7.38. The van der Waals surface area contributed by atoms with Gasteiger partial charge in [0.15, 0.2) is 0 Å². The SMILES string of the molecule is c1ccc(N(c2ccc3oc4ccccc4c3c2)c2cccc3c2C2(c4ccccc4-3)c3oc4ccccc4c3-c3cccc(N(c4ccccc4)c4ccccc4)c32)cc1. The topological polar surface area (TPSA) is 32.8 Å². The highest BCUT2D eigenvalue weighted by Crippen LogP contribution is 2.69. The molecule has 0 saturated heterocycles. The van der Waals surface area contributed by atoms with Crippen molar-refractivity contribution in [2.24, 2.45) is 0 Å². The van der Waals surface area contributed by atoms with E-state index in [1.54, 1.807) is 0 Å². The van der Waals surface area contributed by atoms with Crippen LogP contribution < -0.4 is 9.80 Å². The first-order chi connectivity index (χ1) is 30.3. The minimum atomic E-state index is -0.857. The van der Waals surface area contributed by atoms with Gasteiger partial charge < -0.3 is 18.6 Å². The molecule has 0 N–H and O–H groups in total. The number of para-hydroxylation sites is 5. The van der Waals surface area contributed by atoms with Gasteiger partial charge in [0.05, 0.1) is 11.4 Å². The number of hydrogen-bond acceptors (Lipinski definition) is 4.